The lowest BCUT2D eigenvalue weighted by atomic mass is 10.1. The zero-order chi connectivity index (χ0) is 18.5. The van der Waals surface area contributed by atoms with E-state index in [0.29, 0.717) is 11.0 Å². The van der Waals surface area contributed by atoms with Crippen LogP contribution in [0.4, 0.5) is 5.69 Å². The molecule has 0 aromatic heterocycles. The number of aryl methyl sites for hydroxylation is 1. The van der Waals surface area contributed by atoms with Crippen LogP contribution in [0.3, 0.4) is 0 Å². The Hall–Kier alpha value is -3.83. The van der Waals surface area contributed by atoms with Gasteiger partial charge in [-0.05, 0) is 31.2 Å². The van der Waals surface area contributed by atoms with Crippen molar-refractivity contribution in [3.05, 3.63) is 70.2 Å². The minimum absolute atomic E-state index is 0.0861. The second kappa shape index (κ2) is 7.38. The molecule has 0 saturated heterocycles. The van der Waals surface area contributed by atoms with Gasteiger partial charge < -0.3 is 5.32 Å². The van der Waals surface area contributed by atoms with Gasteiger partial charge in [-0.1, -0.05) is 35.9 Å². The van der Waals surface area contributed by atoms with Crippen LogP contribution >= 0.6 is 0 Å². The molecule has 3 rings (SSSR count). The number of hydrazone groups is 1. The Labute approximate surface area is 148 Å². The number of amides is 3. The summed E-state index contributed by atoms with van der Waals surface area (Å²) in [6.07, 6.45) is 1.56. The number of carbonyl (C=O) groups is 3. The molecule has 128 valence electrons. The van der Waals surface area contributed by atoms with E-state index in [9.17, 15) is 14.4 Å². The van der Waals surface area contributed by atoms with Crippen LogP contribution in [0.2, 0.25) is 0 Å². The number of nitrogens with one attached hydrogen (secondary N) is 2. The lowest BCUT2D eigenvalue weighted by Crippen LogP contribution is -2.32. The molecule has 26 heavy (non-hydrogen) atoms. The first-order valence-corrected chi connectivity index (χ1v) is 7.73. The molecule has 2 aromatic carbocycles. The molecule has 0 radical (unpaired) electrons. The van der Waals surface area contributed by atoms with Gasteiger partial charge in [0.25, 0.3) is 5.91 Å². The fraction of sp³-hybridized carbons (Fsp3) is 0.0526. The Morgan fingerprint density at radius 3 is 2.54 bits per heavy atom. The highest BCUT2D eigenvalue weighted by Crippen LogP contribution is 2.08. The molecule has 0 unspecified atom stereocenters. The molecule has 1 heterocycles. The van der Waals surface area contributed by atoms with Crippen LogP contribution < -0.4 is 21.3 Å². The number of benzene rings is 2. The number of fused-ring (bicyclic) bond motifs is 1. The highest BCUT2D eigenvalue weighted by atomic mass is 16.2. The Morgan fingerprint density at radius 1 is 1.04 bits per heavy atom. The highest BCUT2D eigenvalue weighted by molar-refractivity contribution is 6.39. The summed E-state index contributed by atoms with van der Waals surface area (Å²) in [5, 5.41) is 7.28. The van der Waals surface area contributed by atoms with Gasteiger partial charge in [-0.3, -0.25) is 14.4 Å². The Bertz CT molecular complexity index is 1080. The van der Waals surface area contributed by atoms with E-state index < -0.39 is 17.7 Å². The van der Waals surface area contributed by atoms with E-state index >= 15 is 0 Å². The standard InChI is InChI=1S/C19H14N4O3/c1-12-6-8-15(9-7-12)21-18(25)19(26)23-20-11-14-10-13-4-2-3-5-16(13)22-17(14)24/h2-10H,1H3,(H,21,25)(H,23,26). The molecule has 0 saturated carbocycles. The summed E-state index contributed by atoms with van der Waals surface area (Å²) in [6, 6.07) is 14.1. The number of hydrogen-bond donors (Lipinski definition) is 2. The zero-order valence-corrected chi connectivity index (χ0v) is 13.8. The van der Waals surface area contributed by atoms with Crippen LogP contribution in [0.15, 0.2) is 64.2 Å². The molecular formula is C19H14N4O3. The second-order valence-corrected chi connectivity index (χ2v) is 5.52. The zero-order valence-electron chi connectivity index (χ0n) is 13.8. The fourth-order valence-corrected chi connectivity index (χ4v) is 2.19. The van der Waals surface area contributed by atoms with Crippen molar-refractivity contribution in [1.29, 1.82) is 0 Å². The monoisotopic (exact) mass is 346 g/mol. The maximum Gasteiger partial charge on any atom is 0.330 e. The van der Waals surface area contributed by atoms with Gasteiger partial charge in [0, 0.05) is 16.8 Å². The van der Waals surface area contributed by atoms with E-state index in [1.54, 1.807) is 36.4 Å². The van der Waals surface area contributed by atoms with Crippen LogP contribution in [0.25, 0.3) is 6.08 Å². The number of hydrogen-bond acceptors (Lipinski definition) is 4. The minimum Gasteiger partial charge on any atom is -0.318 e. The first-order chi connectivity index (χ1) is 12.5. The van der Waals surface area contributed by atoms with Gasteiger partial charge in [0.05, 0.1) is 5.36 Å². The Morgan fingerprint density at radius 2 is 1.77 bits per heavy atom. The van der Waals surface area contributed by atoms with E-state index in [-0.39, 0.29) is 5.57 Å². The molecule has 1 aliphatic heterocycles. The number of nitrogens with zero attached hydrogens (tertiary/aromatic N) is 2. The maximum absolute atomic E-state index is 11.9. The third kappa shape index (κ3) is 3.98. The highest BCUT2D eigenvalue weighted by Gasteiger charge is 2.13. The molecule has 0 fully saturated rings. The largest absolute Gasteiger partial charge is 0.330 e. The van der Waals surface area contributed by atoms with E-state index in [1.165, 1.54) is 0 Å². The van der Waals surface area contributed by atoms with Crippen LogP contribution in [0.5, 0.6) is 0 Å². The van der Waals surface area contributed by atoms with Gasteiger partial charge in [0.1, 0.15) is 5.57 Å². The van der Waals surface area contributed by atoms with E-state index in [1.807, 2.05) is 30.5 Å². The summed E-state index contributed by atoms with van der Waals surface area (Å²) in [6.45, 7) is 1.91. The SMILES string of the molecule is Cc1ccc(NC(=O)C(=O)NN=C=C2C=c3ccccc3=NC2=O)cc1. The molecule has 2 N–H and O–H groups in total. The number of anilines is 1. The van der Waals surface area contributed by atoms with Crippen molar-refractivity contribution in [2.45, 2.75) is 6.92 Å². The fourth-order valence-electron chi connectivity index (χ4n) is 2.19. The number of carbonyl (C=O) groups excluding carboxylic acids is 3. The van der Waals surface area contributed by atoms with Crippen molar-refractivity contribution in [1.82, 2.24) is 5.43 Å². The summed E-state index contributed by atoms with van der Waals surface area (Å²) in [5.74, 6) is 0.0284. The topological polar surface area (TPSA) is 100.0 Å². The van der Waals surface area contributed by atoms with Gasteiger partial charge in [0.15, 0.2) is 0 Å². The molecule has 2 aromatic rings. The van der Waals surface area contributed by atoms with Crippen molar-refractivity contribution >= 4 is 35.4 Å². The second-order valence-electron chi connectivity index (χ2n) is 5.52. The van der Waals surface area contributed by atoms with E-state index in [4.69, 9.17) is 0 Å². The predicted octanol–water partition coefficient (Wildman–Crippen LogP) is 0.201. The van der Waals surface area contributed by atoms with Crippen LogP contribution in [-0.2, 0) is 14.4 Å². The Balaban J connectivity index is 1.69. The van der Waals surface area contributed by atoms with Crippen molar-refractivity contribution in [2.75, 3.05) is 5.32 Å². The Kier molecular flexibility index (Phi) is 4.83. The average Bonchev–Trinajstić information content (AvgIpc) is 2.63. The van der Waals surface area contributed by atoms with Crippen molar-refractivity contribution in [3.8, 4) is 0 Å². The molecule has 7 nitrogen and oxygen atoms in total. The predicted molar refractivity (Wildman–Crippen MR) is 95.6 cm³/mol. The number of rotatable bonds is 2. The smallest absolute Gasteiger partial charge is 0.318 e. The van der Waals surface area contributed by atoms with Crippen LogP contribution in [-0.4, -0.2) is 23.6 Å². The summed E-state index contributed by atoms with van der Waals surface area (Å²) in [7, 11) is 0. The van der Waals surface area contributed by atoms with Crippen LogP contribution in [0.1, 0.15) is 5.56 Å². The average molecular weight is 346 g/mol. The first kappa shape index (κ1) is 17.0. The van der Waals surface area contributed by atoms with Gasteiger partial charge in [-0.2, -0.15) is 0 Å². The summed E-state index contributed by atoms with van der Waals surface area (Å²) < 4.78 is 0. The third-order valence-electron chi connectivity index (χ3n) is 3.54. The first-order valence-electron chi connectivity index (χ1n) is 7.73. The summed E-state index contributed by atoms with van der Waals surface area (Å²) in [5.41, 5.74) is 3.64. The minimum atomic E-state index is -0.973. The molecule has 0 aliphatic carbocycles. The van der Waals surface area contributed by atoms with Crippen molar-refractivity contribution < 1.29 is 14.4 Å². The van der Waals surface area contributed by atoms with Gasteiger partial charge in [0.2, 0.25) is 0 Å². The molecule has 0 bridgehead atoms. The maximum atomic E-state index is 11.9. The lowest BCUT2D eigenvalue weighted by Gasteiger charge is -2.03. The van der Waals surface area contributed by atoms with Gasteiger partial charge in [-0.15, -0.1) is 5.10 Å². The number of para-hydroxylation sites is 1. The third-order valence-corrected chi connectivity index (χ3v) is 3.54. The van der Waals surface area contributed by atoms with Gasteiger partial charge in [-0.25, -0.2) is 10.4 Å². The molecule has 0 atom stereocenters. The quantitative estimate of drug-likeness (QED) is 0.352. The van der Waals surface area contributed by atoms with Crippen LogP contribution in [0, 0.1) is 6.92 Å². The van der Waals surface area contributed by atoms with Crippen molar-refractivity contribution in [3.63, 3.8) is 0 Å². The van der Waals surface area contributed by atoms with E-state index in [2.05, 4.69) is 21.3 Å². The molecule has 7 heteroatoms. The molecule has 0 spiro atoms. The molecule has 1 aliphatic rings. The lowest BCUT2D eigenvalue weighted by molar-refractivity contribution is -0.136. The summed E-state index contributed by atoms with van der Waals surface area (Å²) >= 11 is 0. The molecular weight excluding hydrogens is 332 g/mol. The summed E-state index contributed by atoms with van der Waals surface area (Å²) in [4.78, 5) is 39.3. The molecule has 3 amide bonds. The van der Waals surface area contributed by atoms with Crippen molar-refractivity contribution in [2.24, 2.45) is 10.1 Å². The van der Waals surface area contributed by atoms with E-state index in [0.717, 1.165) is 10.8 Å². The normalized spacial score (nSPS) is 12.0. The van der Waals surface area contributed by atoms with Gasteiger partial charge >= 0.3 is 11.8 Å².